The maximum Gasteiger partial charge on any atom is 0.342 e. The number of fused-ring (bicyclic) bond motifs is 1. The number of methoxy groups -OCH3 is 1. The molecule has 0 saturated heterocycles. The molecule has 0 aliphatic carbocycles. The summed E-state index contributed by atoms with van der Waals surface area (Å²) in [6.45, 7) is 1.69. The molecule has 2 rings (SSSR count). The van der Waals surface area contributed by atoms with Gasteiger partial charge in [-0.1, -0.05) is 18.2 Å². The van der Waals surface area contributed by atoms with Crippen molar-refractivity contribution in [2.45, 2.75) is 38.4 Å². The highest BCUT2D eigenvalue weighted by Crippen LogP contribution is 2.46. The molecule has 1 aromatic rings. The standard InChI is InChI=1S/C19H20Br2O6/c1-10-5-3-6-11(22)9-12(23)7-4-8-13-14(19(25)27-10)17(24)16(21)18(26-2)15(13)20/h3-4,6,8,10,12,23-24H,5,7,9H2,1-2H3/b6-3-,8-4+. The lowest BCUT2D eigenvalue weighted by Crippen LogP contribution is -2.17. The van der Waals surface area contributed by atoms with Gasteiger partial charge in [0.2, 0.25) is 0 Å². The van der Waals surface area contributed by atoms with Gasteiger partial charge in [0.1, 0.15) is 21.9 Å². The number of aromatic hydroxyl groups is 1. The molecule has 1 heterocycles. The Kier molecular flexibility index (Phi) is 7.64. The van der Waals surface area contributed by atoms with E-state index in [9.17, 15) is 19.8 Å². The fourth-order valence-corrected chi connectivity index (χ4v) is 4.14. The van der Waals surface area contributed by atoms with Gasteiger partial charge in [-0.25, -0.2) is 4.79 Å². The molecule has 2 unspecified atom stereocenters. The smallest absolute Gasteiger partial charge is 0.342 e. The summed E-state index contributed by atoms with van der Waals surface area (Å²) in [6.07, 6.45) is 5.37. The zero-order valence-corrected chi connectivity index (χ0v) is 18.0. The first-order valence-corrected chi connectivity index (χ1v) is 9.87. The van der Waals surface area contributed by atoms with Crippen LogP contribution in [0.25, 0.3) is 6.08 Å². The van der Waals surface area contributed by atoms with Crippen molar-refractivity contribution < 1.29 is 29.3 Å². The molecule has 0 amide bonds. The largest absolute Gasteiger partial charge is 0.506 e. The van der Waals surface area contributed by atoms with Gasteiger partial charge in [0, 0.05) is 18.4 Å². The van der Waals surface area contributed by atoms with E-state index in [1.54, 1.807) is 25.2 Å². The molecule has 0 aromatic heterocycles. The van der Waals surface area contributed by atoms with Crippen LogP contribution in [0.1, 0.15) is 42.1 Å². The summed E-state index contributed by atoms with van der Waals surface area (Å²) in [7, 11) is 1.44. The average Bonchev–Trinajstić information content (AvgIpc) is 2.59. The van der Waals surface area contributed by atoms with Crippen molar-refractivity contribution >= 4 is 49.7 Å². The van der Waals surface area contributed by atoms with E-state index in [1.165, 1.54) is 13.2 Å². The number of esters is 1. The number of halogens is 2. The molecule has 0 spiro atoms. The second kappa shape index (κ2) is 9.52. The lowest BCUT2D eigenvalue weighted by atomic mass is 10.0. The number of hydrogen-bond acceptors (Lipinski definition) is 6. The zero-order valence-electron chi connectivity index (χ0n) is 14.9. The maximum absolute atomic E-state index is 12.7. The number of carbonyl (C=O) groups is 2. The van der Waals surface area contributed by atoms with E-state index < -0.39 is 18.2 Å². The number of hydrogen-bond donors (Lipinski definition) is 2. The van der Waals surface area contributed by atoms with Gasteiger partial charge in [0.25, 0.3) is 0 Å². The lowest BCUT2D eigenvalue weighted by Gasteiger charge is -2.18. The molecule has 0 saturated carbocycles. The number of allylic oxidation sites excluding steroid dienone is 1. The van der Waals surface area contributed by atoms with E-state index in [1.807, 2.05) is 0 Å². The van der Waals surface area contributed by atoms with Crippen LogP contribution >= 0.6 is 31.9 Å². The van der Waals surface area contributed by atoms with Gasteiger partial charge in [-0.3, -0.25) is 4.79 Å². The van der Waals surface area contributed by atoms with Gasteiger partial charge in [-0.2, -0.15) is 0 Å². The highest BCUT2D eigenvalue weighted by atomic mass is 79.9. The van der Waals surface area contributed by atoms with E-state index in [-0.39, 0.29) is 34.4 Å². The van der Waals surface area contributed by atoms with Crippen LogP contribution in [0.3, 0.4) is 0 Å². The SMILES string of the molecule is COc1c(Br)c(O)c2c(c1Br)/C=C/CC(O)CC(=O)/C=C\CC(C)OC2=O. The Balaban J connectivity index is 2.58. The van der Waals surface area contributed by atoms with Crippen LogP contribution < -0.4 is 4.74 Å². The third-order valence-electron chi connectivity index (χ3n) is 3.97. The number of benzene rings is 1. The van der Waals surface area contributed by atoms with E-state index in [2.05, 4.69) is 31.9 Å². The predicted octanol–water partition coefficient (Wildman–Crippen LogP) is 4.15. The number of carbonyl (C=O) groups excluding carboxylic acids is 2. The van der Waals surface area contributed by atoms with Gasteiger partial charge >= 0.3 is 5.97 Å². The first-order valence-electron chi connectivity index (χ1n) is 8.29. The summed E-state index contributed by atoms with van der Waals surface area (Å²) >= 11 is 6.63. The fraction of sp³-hybridized carbons (Fsp3) is 0.368. The predicted molar refractivity (Wildman–Crippen MR) is 108 cm³/mol. The third-order valence-corrected chi connectivity index (χ3v) is 5.49. The van der Waals surface area contributed by atoms with Crippen molar-refractivity contribution in [3.63, 3.8) is 0 Å². The monoisotopic (exact) mass is 502 g/mol. The summed E-state index contributed by atoms with van der Waals surface area (Å²) < 4.78 is 11.4. The summed E-state index contributed by atoms with van der Waals surface area (Å²) in [5.74, 6) is -0.890. The molecule has 6 nitrogen and oxygen atoms in total. The number of ketones is 1. The molecule has 0 bridgehead atoms. The second-order valence-electron chi connectivity index (χ2n) is 6.11. The molecule has 2 N–H and O–H groups in total. The molecule has 0 fully saturated rings. The number of phenolic OH excluding ortho intramolecular Hbond substituents is 1. The zero-order chi connectivity index (χ0) is 20.1. The van der Waals surface area contributed by atoms with Crippen molar-refractivity contribution in [3.8, 4) is 11.5 Å². The Morgan fingerprint density at radius 3 is 2.48 bits per heavy atom. The van der Waals surface area contributed by atoms with Crippen LogP contribution in [0.5, 0.6) is 11.5 Å². The molecule has 146 valence electrons. The topological polar surface area (TPSA) is 93.1 Å². The number of aliphatic hydroxyl groups is 1. The minimum absolute atomic E-state index is 0.00204. The maximum atomic E-state index is 12.7. The molecule has 27 heavy (non-hydrogen) atoms. The number of aliphatic hydroxyl groups excluding tert-OH is 1. The number of phenols is 1. The molecule has 2 atom stereocenters. The molecule has 1 aromatic carbocycles. The summed E-state index contributed by atoms with van der Waals surface area (Å²) in [5, 5.41) is 20.6. The molecule has 1 aliphatic heterocycles. The van der Waals surface area contributed by atoms with Crippen molar-refractivity contribution in [2.75, 3.05) is 7.11 Å². The second-order valence-corrected chi connectivity index (χ2v) is 7.70. The van der Waals surface area contributed by atoms with Gasteiger partial charge in [-0.15, -0.1) is 0 Å². The van der Waals surface area contributed by atoms with Gasteiger partial charge in [0.15, 0.2) is 11.5 Å². The molecular weight excluding hydrogens is 484 g/mol. The van der Waals surface area contributed by atoms with E-state index in [0.717, 1.165) is 0 Å². The van der Waals surface area contributed by atoms with Crippen molar-refractivity contribution in [1.82, 2.24) is 0 Å². The van der Waals surface area contributed by atoms with Crippen LogP contribution in [-0.2, 0) is 9.53 Å². The Morgan fingerprint density at radius 2 is 1.81 bits per heavy atom. The van der Waals surface area contributed by atoms with Crippen molar-refractivity contribution in [2.24, 2.45) is 0 Å². The van der Waals surface area contributed by atoms with Gasteiger partial charge in [-0.05, 0) is 51.3 Å². The summed E-state index contributed by atoms with van der Waals surface area (Å²) in [5.41, 5.74) is 0.333. The van der Waals surface area contributed by atoms with Crippen molar-refractivity contribution in [3.05, 3.63) is 38.3 Å². The third kappa shape index (κ3) is 5.21. The summed E-state index contributed by atoms with van der Waals surface area (Å²) in [6, 6.07) is 0. The molecule has 1 aliphatic rings. The Labute approximate surface area is 174 Å². The quantitative estimate of drug-likeness (QED) is 0.559. The number of ether oxygens (including phenoxy) is 2. The van der Waals surface area contributed by atoms with Crippen LogP contribution in [-0.4, -0.2) is 41.3 Å². The number of cyclic esters (lactones) is 1. The minimum atomic E-state index is -0.848. The highest BCUT2D eigenvalue weighted by molar-refractivity contribution is 9.11. The minimum Gasteiger partial charge on any atom is -0.506 e. The first-order chi connectivity index (χ1) is 12.8. The van der Waals surface area contributed by atoms with Crippen LogP contribution in [0.15, 0.2) is 27.2 Å². The van der Waals surface area contributed by atoms with Crippen LogP contribution in [0.4, 0.5) is 0 Å². The highest BCUT2D eigenvalue weighted by Gasteiger charge is 2.27. The van der Waals surface area contributed by atoms with Crippen LogP contribution in [0.2, 0.25) is 0 Å². The number of rotatable bonds is 1. The van der Waals surface area contributed by atoms with Crippen molar-refractivity contribution in [1.29, 1.82) is 0 Å². The molecular formula is C19H20Br2O6. The van der Waals surface area contributed by atoms with E-state index in [4.69, 9.17) is 9.47 Å². The normalized spacial score (nSPS) is 23.7. The Hall–Kier alpha value is -1.64. The van der Waals surface area contributed by atoms with Crippen LogP contribution in [0, 0.1) is 0 Å². The molecule has 0 radical (unpaired) electrons. The van der Waals surface area contributed by atoms with Gasteiger partial charge in [0.05, 0.1) is 17.7 Å². The van der Waals surface area contributed by atoms with Gasteiger partial charge < -0.3 is 19.7 Å². The Bertz CT molecular complexity index is 800. The molecule has 8 heteroatoms. The fourth-order valence-electron chi connectivity index (χ4n) is 2.62. The average molecular weight is 504 g/mol. The first kappa shape index (κ1) is 21.7. The van der Waals surface area contributed by atoms with E-state index >= 15 is 0 Å². The Morgan fingerprint density at radius 1 is 1.15 bits per heavy atom. The van der Waals surface area contributed by atoms with E-state index in [0.29, 0.717) is 22.2 Å². The lowest BCUT2D eigenvalue weighted by molar-refractivity contribution is -0.116. The summed E-state index contributed by atoms with van der Waals surface area (Å²) in [4.78, 5) is 24.5.